The molecule has 1 atom stereocenters. The summed E-state index contributed by atoms with van der Waals surface area (Å²) in [5.74, 6) is 0.638. The fourth-order valence-electron chi connectivity index (χ4n) is 2.14. The second-order valence-electron chi connectivity index (χ2n) is 4.89. The van der Waals surface area contributed by atoms with Crippen molar-refractivity contribution in [3.8, 4) is 0 Å². The summed E-state index contributed by atoms with van der Waals surface area (Å²) in [7, 11) is 0. The first kappa shape index (κ1) is 15.7. The highest BCUT2D eigenvalue weighted by atomic mass is 79.9. The van der Waals surface area contributed by atoms with Gasteiger partial charge >= 0.3 is 0 Å². The summed E-state index contributed by atoms with van der Waals surface area (Å²) in [5.41, 5.74) is 2.53. The molecule has 0 aliphatic rings. The zero-order chi connectivity index (χ0) is 13.5. The van der Waals surface area contributed by atoms with E-state index in [-0.39, 0.29) is 0 Å². The molecule has 0 bridgehead atoms. The van der Waals surface area contributed by atoms with E-state index in [4.69, 9.17) is 0 Å². The van der Waals surface area contributed by atoms with Crippen LogP contribution in [0.15, 0.2) is 4.47 Å². The first-order chi connectivity index (χ1) is 8.63. The Morgan fingerprint density at radius 2 is 2.06 bits per heavy atom. The summed E-state index contributed by atoms with van der Waals surface area (Å²) in [6, 6.07) is 0. The summed E-state index contributed by atoms with van der Waals surface area (Å²) < 4.78 is 3.35. The second kappa shape index (κ2) is 7.95. The predicted octanol–water partition coefficient (Wildman–Crippen LogP) is 3.41. The van der Waals surface area contributed by atoms with E-state index in [9.17, 15) is 0 Å². The third-order valence-electron chi connectivity index (χ3n) is 3.16. The average molecular weight is 316 g/mol. The number of hydrogen-bond acceptors (Lipinski definition) is 2. The molecule has 0 radical (unpaired) electrons. The van der Waals surface area contributed by atoms with E-state index in [0.29, 0.717) is 5.92 Å². The Balaban J connectivity index is 2.67. The molecule has 1 rings (SSSR count). The van der Waals surface area contributed by atoms with Crippen LogP contribution in [0.1, 0.15) is 45.5 Å². The summed E-state index contributed by atoms with van der Waals surface area (Å²) in [4.78, 5) is 0. The molecule has 1 N–H and O–H groups in total. The molecule has 104 valence electrons. The summed E-state index contributed by atoms with van der Waals surface area (Å²) >= 11 is 3.71. The van der Waals surface area contributed by atoms with Crippen LogP contribution in [-0.2, 0) is 19.4 Å². The van der Waals surface area contributed by atoms with E-state index in [1.165, 1.54) is 22.3 Å². The normalized spacial score (nSPS) is 12.9. The van der Waals surface area contributed by atoms with Crippen LogP contribution in [0.4, 0.5) is 0 Å². The Hall–Kier alpha value is -0.350. The molecule has 1 aromatic heterocycles. The maximum Gasteiger partial charge on any atom is 0.0766 e. The maximum atomic E-state index is 4.65. The number of aryl methyl sites for hydroxylation is 2. The molecule has 0 saturated heterocycles. The van der Waals surface area contributed by atoms with Gasteiger partial charge in [-0.1, -0.05) is 20.8 Å². The lowest BCUT2D eigenvalue weighted by molar-refractivity contribution is 0.486. The van der Waals surface area contributed by atoms with Crippen molar-refractivity contribution < 1.29 is 0 Å². The van der Waals surface area contributed by atoms with Gasteiger partial charge in [0.2, 0.25) is 0 Å². The highest BCUT2D eigenvalue weighted by Gasteiger charge is 2.16. The standard InChI is InChI=1S/C14H26BrN3/c1-5-8-16-10-11(4)9-13-14(15)12(6-2)17-18(13)7-3/h11,16H,5-10H2,1-4H3. The maximum absolute atomic E-state index is 4.65. The van der Waals surface area contributed by atoms with E-state index in [1.54, 1.807) is 0 Å². The molecule has 0 fully saturated rings. The van der Waals surface area contributed by atoms with Crippen molar-refractivity contribution in [3.05, 3.63) is 15.9 Å². The highest BCUT2D eigenvalue weighted by Crippen LogP contribution is 2.24. The lowest BCUT2D eigenvalue weighted by Crippen LogP contribution is -2.24. The van der Waals surface area contributed by atoms with Crippen molar-refractivity contribution in [2.24, 2.45) is 5.92 Å². The van der Waals surface area contributed by atoms with Crippen molar-refractivity contribution in [2.75, 3.05) is 13.1 Å². The largest absolute Gasteiger partial charge is 0.316 e. The molecule has 0 spiro atoms. The van der Waals surface area contributed by atoms with E-state index < -0.39 is 0 Å². The molecule has 0 saturated carbocycles. The minimum Gasteiger partial charge on any atom is -0.316 e. The van der Waals surface area contributed by atoms with E-state index >= 15 is 0 Å². The van der Waals surface area contributed by atoms with Crippen LogP contribution in [0.2, 0.25) is 0 Å². The summed E-state index contributed by atoms with van der Waals surface area (Å²) in [6.07, 6.45) is 3.27. The summed E-state index contributed by atoms with van der Waals surface area (Å²) in [6.45, 7) is 11.9. The summed E-state index contributed by atoms with van der Waals surface area (Å²) in [5, 5.41) is 8.13. The number of halogens is 1. The Kier molecular flexibility index (Phi) is 6.94. The van der Waals surface area contributed by atoms with Gasteiger partial charge in [-0.3, -0.25) is 4.68 Å². The van der Waals surface area contributed by atoms with Crippen molar-refractivity contribution in [3.63, 3.8) is 0 Å². The quantitative estimate of drug-likeness (QED) is 0.745. The molecule has 3 nitrogen and oxygen atoms in total. The van der Waals surface area contributed by atoms with Crippen molar-refractivity contribution in [1.29, 1.82) is 0 Å². The van der Waals surface area contributed by atoms with Crippen LogP contribution in [0, 0.1) is 5.92 Å². The SMILES string of the molecule is CCCNCC(C)Cc1c(Br)c(CC)nn1CC. The first-order valence-electron chi connectivity index (χ1n) is 7.08. The van der Waals surface area contributed by atoms with Gasteiger partial charge in [-0.25, -0.2) is 0 Å². The van der Waals surface area contributed by atoms with Gasteiger partial charge in [0, 0.05) is 6.54 Å². The third-order valence-corrected chi connectivity index (χ3v) is 4.07. The Bertz CT molecular complexity index is 360. The molecule has 1 unspecified atom stereocenters. The minimum atomic E-state index is 0.638. The molecular formula is C14H26BrN3. The van der Waals surface area contributed by atoms with Gasteiger partial charge in [-0.15, -0.1) is 0 Å². The smallest absolute Gasteiger partial charge is 0.0766 e. The Labute approximate surface area is 119 Å². The average Bonchev–Trinajstić information content (AvgIpc) is 2.66. The van der Waals surface area contributed by atoms with E-state index in [1.807, 2.05) is 0 Å². The van der Waals surface area contributed by atoms with E-state index in [0.717, 1.165) is 32.5 Å². The highest BCUT2D eigenvalue weighted by molar-refractivity contribution is 9.10. The molecule has 0 aliphatic heterocycles. The zero-order valence-corrected chi connectivity index (χ0v) is 13.7. The minimum absolute atomic E-state index is 0.638. The van der Waals surface area contributed by atoms with Gasteiger partial charge in [-0.05, 0) is 61.1 Å². The third kappa shape index (κ3) is 4.09. The second-order valence-corrected chi connectivity index (χ2v) is 5.68. The molecule has 0 amide bonds. The van der Waals surface area contributed by atoms with Gasteiger partial charge in [0.1, 0.15) is 0 Å². The van der Waals surface area contributed by atoms with Crippen LogP contribution in [0.5, 0.6) is 0 Å². The lowest BCUT2D eigenvalue weighted by atomic mass is 10.1. The molecule has 1 heterocycles. The van der Waals surface area contributed by atoms with Crippen LogP contribution < -0.4 is 5.32 Å². The van der Waals surface area contributed by atoms with Crippen LogP contribution >= 0.6 is 15.9 Å². The fraction of sp³-hybridized carbons (Fsp3) is 0.786. The molecule has 4 heteroatoms. The number of rotatable bonds is 8. The van der Waals surface area contributed by atoms with Crippen molar-refractivity contribution in [1.82, 2.24) is 15.1 Å². The van der Waals surface area contributed by atoms with Crippen LogP contribution in [-0.4, -0.2) is 22.9 Å². The van der Waals surface area contributed by atoms with Gasteiger partial charge in [-0.2, -0.15) is 5.10 Å². The zero-order valence-electron chi connectivity index (χ0n) is 12.1. The van der Waals surface area contributed by atoms with E-state index in [2.05, 4.69) is 58.7 Å². The Morgan fingerprint density at radius 3 is 2.61 bits per heavy atom. The predicted molar refractivity (Wildman–Crippen MR) is 81.0 cm³/mol. The topological polar surface area (TPSA) is 29.9 Å². The molecule has 1 aromatic rings. The first-order valence-corrected chi connectivity index (χ1v) is 7.87. The number of hydrogen-bond donors (Lipinski definition) is 1. The van der Waals surface area contributed by atoms with Gasteiger partial charge < -0.3 is 5.32 Å². The number of nitrogens with one attached hydrogen (secondary N) is 1. The lowest BCUT2D eigenvalue weighted by Gasteiger charge is -2.13. The van der Waals surface area contributed by atoms with Gasteiger partial charge in [0.05, 0.1) is 15.9 Å². The van der Waals surface area contributed by atoms with Crippen molar-refractivity contribution >= 4 is 15.9 Å². The van der Waals surface area contributed by atoms with Crippen LogP contribution in [0.25, 0.3) is 0 Å². The van der Waals surface area contributed by atoms with Crippen LogP contribution in [0.3, 0.4) is 0 Å². The van der Waals surface area contributed by atoms with Gasteiger partial charge in [0.25, 0.3) is 0 Å². The van der Waals surface area contributed by atoms with Crippen molar-refractivity contribution in [2.45, 2.75) is 53.5 Å². The number of aromatic nitrogens is 2. The van der Waals surface area contributed by atoms with Gasteiger partial charge in [0.15, 0.2) is 0 Å². The molecule has 0 aromatic carbocycles. The molecule has 18 heavy (non-hydrogen) atoms. The molecule has 0 aliphatic carbocycles. The number of nitrogens with zero attached hydrogens (tertiary/aromatic N) is 2. The molecular weight excluding hydrogens is 290 g/mol. The fourth-order valence-corrected chi connectivity index (χ4v) is 2.87. The monoisotopic (exact) mass is 315 g/mol. The Morgan fingerprint density at radius 1 is 1.33 bits per heavy atom.